The van der Waals surface area contributed by atoms with Crippen LogP contribution in [0.5, 0.6) is 11.5 Å². The molecular weight excluding hydrogens is 1070 g/mol. The number of alkyl halides is 3. The van der Waals surface area contributed by atoms with E-state index in [4.69, 9.17) is 30.1 Å². The zero-order valence-electron chi connectivity index (χ0n) is 44.8. The van der Waals surface area contributed by atoms with Crippen molar-refractivity contribution in [3.8, 4) is 11.5 Å². The molecule has 3 aliphatic rings. The number of rotatable bonds is 20. The number of piperidine rings is 1. The molecule has 0 radical (unpaired) electrons. The first-order valence-electron chi connectivity index (χ1n) is 26.2. The summed E-state index contributed by atoms with van der Waals surface area (Å²) in [6.07, 6.45) is -0.795. The molecule has 3 N–H and O–H groups in total. The number of hydrogen-bond donors (Lipinski definition) is 3. The van der Waals surface area contributed by atoms with Crippen molar-refractivity contribution in [1.82, 2.24) is 29.7 Å². The van der Waals surface area contributed by atoms with Gasteiger partial charge in [0.15, 0.2) is 5.82 Å². The molecule has 0 atom stereocenters. The van der Waals surface area contributed by atoms with Crippen molar-refractivity contribution in [2.24, 2.45) is 0 Å². The summed E-state index contributed by atoms with van der Waals surface area (Å²) < 4.78 is 95.0. The maximum atomic E-state index is 15.5. The molecule has 78 heavy (non-hydrogen) atoms. The van der Waals surface area contributed by atoms with Crippen LogP contribution in [0.1, 0.15) is 54.6 Å². The number of hydrogen-bond acceptors (Lipinski definition) is 17. The molecule has 2 aromatic heterocycles. The lowest BCUT2D eigenvalue weighted by atomic mass is 9.98. The molecule has 0 unspecified atom stereocenters. The zero-order valence-corrected chi connectivity index (χ0v) is 47.3. The van der Waals surface area contributed by atoms with E-state index in [0.717, 1.165) is 42.7 Å². The third kappa shape index (κ3) is 13.7. The van der Waals surface area contributed by atoms with Crippen molar-refractivity contribution in [3.05, 3.63) is 124 Å². The molecule has 23 heteroatoms. The number of nitrogens with zero attached hydrogens (tertiary/aromatic N) is 8. The van der Waals surface area contributed by atoms with Crippen LogP contribution in [-0.4, -0.2) is 122 Å². The highest BCUT2D eigenvalue weighted by Gasteiger charge is 2.42. The number of benzene rings is 4. The Labute approximate surface area is 459 Å². The second kappa shape index (κ2) is 24.6. The van der Waals surface area contributed by atoms with Gasteiger partial charge < -0.3 is 48.8 Å². The summed E-state index contributed by atoms with van der Waals surface area (Å²) in [6.45, 7) is 12.2. The summed E-state index contributed by atoms with van der Waals surface area (Å²) in [5, 5.41) is 10.7. The van der Waals surface area contributed by atoms with Gasteiger partial charge >= 0.3 is 13.8 Å². The van der Waals surface area contributed by atoms with Crippen LogP contribution in [0.15, 0.2) is 91.1 Å². The van der Waals surface area contributed by atoms with Crippen molar-refractivity contribution in [2.75, 3.05) is 112 Å². The van der Waals surface area contributed by atoms with E-state index in [1.54, 1.807) is 70.6 Å². The van der Waals surface area contributed by atoms with Crippen LogP contribution in [-0.2, 0) is 50.0 Å². The van der Waals surface area contributed by atoms with Crippen molar-refractivity contribution >= 4 is 77.9 Å². The third-order valence-corrected chi connectivity index (χ3v) is 18.2. The molecule has 416 valence electrons. The van der Waals surface area contributed by atoms with Gasteiger partial charge in [0.25, 0.3) is 0 Å². The highest BCUT2D eigenvalue weighted by atomic mass is 35.5. The summed E-state index contributed by atoms with van der Waals surface area (Å²) in [5.41, 5.74) is 4.63. The molecule has 5 heterocycles. The average molecular weight is 1130 g/mol. The highest BCUT2D eigenvalue weighted by molar-refractivity contribution is 7.70. The van der Waals surface area contributed by atoms with Crippen molar-refractivity contribution in [3.63, 3.8) is 0 Å². The summed E-state index contributed by atoms with van der Waals surface area (Å²) in [6, 6.07) is 26.4. The second-order valence-corrected chi connectivity index (χ2v) is 25.5. The standard InChI is InChI=1S/C55H67ClF3N11O6P2/c1-7-75-78(72,76-8-2)36-38-11-9-10-12-46(38)62-51-45(56)33-60-53(65-51)63-47-20-16-42(32-49(47)74-4)68-25-22-41(23-26-68)69-29-27-67(28-30-69)35-48-50(55(57,58)59)52(70-24-21-37-13-17-43(73-3)31-39(37)34-70)66-54(64-48)61-40-14-18-44(19-15-40)77(5,6)71/h9-20,31-33,41H,7-8,21-30,34-36H2,1-6H3,(H,61,64,66)(H2,60,62,63,65). The van der Waals surface area contributed by atoms with Gasteiger partial charge in [-0.25, -0.2) is 9.97 Å². The lowest BCUT2D eigenvalue weighted by Crippen LogP contribution is -2.53. The minimum absolute atomic E-state index is 0.00347. The van der Waals surface area contributed by atoms with Crippen LogP contribution in [0.2, 0.25) is 5.02 Å². The molecule has 0 bridgehead atoms. The van der Waals surface area contributed by atoms with Gasteiger partial charge in [0.05, 0.1) is 51.2 Å². The first-order valence-corrected chi connectivity index (χ1v) is 30.9. The molecule has 0 spiro atoms. The van der Waals surface area contributed by atoms with Gasteiger partial charge in [0.1, 0.15) is 35.0 Å². The largest absolute Gasteiger partial charge is 0.497 e. The molecule has 0 saturated carbocycles. The number of aromatic nitrogens is 4. The molecule has 9 rings (SSSR count). The Morgan fingerprint density at radius 2 is 1.47 bits per heavy atom. The predicted molar refractivity (Wildman–Crippen MR) is 303 cm³/mol. The minimum atomic E-state index is -4.73. The normalized spacial score (nSPS) is 16.0. The Morgan fingerprint density at radius 1 is 0.744 bits per heavy atom. The monoisotopic (exact) mass is 1130 g/mol. The van der Waals surface area contributed by atoms with E-state index < -0.39 is 26.5 Å². The number of ether oxygens (including phenoxy) is 2. The number of halogens is 4. The van der Waals surface area contributed by atoms with Crippen LogP contribution in [0.25, 0.3) is 0 Å². The van der Waals surface area contributed by atoms with E-state index in [0.29, 0.717) is 90.4 Å². The van der Waals surface area contributed by atoms with Crippen LogP contribution < -0.4 is 40.5 Å². The van der Waals surface area contributed by atoms with E-state index in [2.05, 4.69) is 50.6 Å². The fourth-order valence-corrected chi connectivity index (χ4v) is 13.0. The Kier molecular flexibility index (Phi) is 17.9. The molecule has 0 aliphatic carbocycles. The molecule has 2 fully saturated rings. The van der Waals surface area contributed by atoms with Crippen molar-refractivity contribution in [1.29, 1.82) is 0 Å². The Bertz CT molecular complexity index is 3150. The second-order valence-electron chi connectivity index (χ2n) is 19.8. The number of anilines is 8. The number of para-hydroxylation sites is 1. The van der Waals surface area contributed by atoms with Gasteiger partial charge in [-0.15, -0.1) is 0 Å². The summed E-state index contributed by atoms with van der Waals surface area (Å²) in [5.74, 6) is 1.76. The Balaban J connectivity index is 0.843. The van der Waals surface area contributed by atoms with Gasteiger partial charge in [-0.2, -0.15) is 23.1 Å². The van der Waals surface area contributed by atoms with Gasteiger partial charge in [-0.05, 0) is 118 Å². The first kappa shape index (κ1) is 56.7. The number of piperazine rings is 1. The quantitative estimate of drug-likeness (QED) is 0.0616. The highest BCUT2D eigenvalue weighted by Crippen LogP contribution is 2.52. The minimum Gasteiger partial charge on any atom is -0.497 e. The van der Waals surface area contributed by atoms with Gasteiger partial charge in [0.2, 0.25) is 11.9 Å². The molecule has 17 nitrogen and oxygen atoms in total. The topological polar surface area (TPSA) is 172 Å². The van der Waals surface area contributed by atoms with Gasteiger partial charge in [-0.1, -0.05) is 35.9 Å². The fourth-order valence-electron chi connectivity index (χ4n) is 10.3. The van der Waals surface area contributed by atoms with Gasteiger partial charge in [-0.3, -0.25) is 14.4 Å². The van der Waals surface area contributed by atoms with E-state index in [9.17, 15) is 9.13 Å². The van der Waals surface area contributed by atoms with Crippen LogP contribution in [0.3, 0.4) is 0 Å². The van der Waals surface area contributed by atoms with Crippen molar-refractivity contribution in [2.45, 2.75) is 64.6 Å². The maximum Gasteiger partial charge on any atom is 0.421 e. The van der Waals surface area contributed by atoms with Gasteiger partial charge in [0, 0.05) is 93.4 Å². The third-order valence-electron chi connectivity index (χ3n) is 14.3. The maximum absolute atomic E-state index is 15.5. The predicted octanol–water partition coefficient (Wildman–Crippen LogP) is 11.6. The van der Waals surface area contributed by atoms with E-state index in [1.807, 2.05) is 60.7 Å². The molecular formula is C55H67ClF3N11O6P2. The number of nitrogens with one attached hydrogen (secondary N) is 3. The van der Waals surface area contributed by atoms with Crippen LogP contribution in [0.4, 0.5) is 59.5 Å². The summed E-state index contributed by atoms with van der Waals surface area (Å²) >= 11 is 6.59. The average Bonchev–Trinajstić information content (AvgIpc) is 3.45. The van der Waals surface area contributed by atoms with E-state index in [1.165, 1.54) is 6.20 Å². The molecule has 2 saturated heterocycles. The number of methoxy groups -OCH3 is 2. The summed E-state index contributed by atoms with van der Waals surface area (Å²) in [7, 11) is -2.74. The zero-order chi connectivity index (χ0) is 55.2. The first-order chi connectivity index (χ1) is 37.4. The van der Waals surface area contributed by atoms with Crippen LogP contribution in [0, 0.1) is 0 Å². The molecule has 3 aliphatic heterocycles. The van der Waals surface area contributed by atoms with E-state index in [-0.39, 0.29) is 60.9 Å². The Hall–Kier alpha value is -5.98. The lowest BCUT2D eigenvalue weighted by molar-refractivity contribution is -0.138. The van der Waals surface area contributed by atoms with E-state index >= 15 is 13.2 Å². The van der Waals surface area contributed by atoms with Crippen molar-refractivity contribution < 1.29 is 40.8 Å². The lowest BCUT2D eigenvalue weighted by Gasteiger charge is -2.43. The smallest absolute Gasteiger partial charge is 0.421 e. The molecule has 6 aromatic rings. The number of fused-ring (bicyclic) bond motifs is 1. The Morgan fingerprint density at radius 3 is 2.15 bits per heavy atom. The SMILES string of the molecule is CCOP(=O)(Cc1ccccc1Nc1nc(Nc2ccc(N3CCC(N4CCN(Cc5nc(Nc6ccc(P(C)(C)=O)cc6)nc(N6CCc7ccc(OC)cc7C6)c5C(F)(F)F)CC4)CC3)cc2OC)ncc1Cl)OCC. The fraction of sp³-hybridized carbons (Fsp3) is 0.418. The molecule has 0 amide bonds. The summed E-state index contributed by atoms with van der Waals surface area (Å²) in [4.78, 5) is 26.9. The molecule has 4 aromatic carbocycles. The van der Waals surface area contributed by atoms with Crippen LogP contribution >= 0.6 is 26.3 Å².